The Bertz CT molecular complexity index is 1350. The monoisotopic (exact) mass is 550 g/mol. The van der Waals surface area contributed by atoms with Gasteiger partial charge in [-0.15, -0.1) is 0 Å². The highest BCUT2D eigenvalue weighted by molar-refractivity contribution is 9.10. The maximum absolute atomic E-state index is 13.0. The molecule has 0 saturated heterocycles. The van der Waals surface area contributed by atoms with Crippen LogP contribution in [0.3, 0.4) is 0 Å². The largest absolute Gasteiger partial charge is 0.503 e. The number of methoxy groups -OCH3 is 2. The van der Waals surface area contributed by atoms with E-state index < -0.39 is 20.6 Å². The molecule has 13 heteroatoms. The van der Waals surface area contributed by atoms with Crippen LogP contribution in [0.15, 0.2) is 69.1 Å². The first-order valence-electron chi connectivity index (χ1n) is 9.45. The number of nitrogens with one attached hydrogen (secondary N) is 2. The Morgan fingerprint density at radius 2 is 1.79 bits per heavy atom. The van der Waals surface area contributed by atoms with Crippen molar-refractivity contribution in [2.24, 2.45) is 5.10 Å². The number of anilines is 2. The third kappa shape index (κ3) is 5.74. The number of nitrogens with zero attached hydrogens (tertiary/aromatic N) is 2. The fraction of sp³-hybridized carbons (Fsp3) is 0.0952. The van der Waals surface area contributed by atoms with Crippen molar-refractivity contribution < 1.29 is 27.9 Å². The van der Waals surface area contributed by atoms with E-state index in [9.17, 15) is 23.6 Å². The van der Waals surface area contributed by atoms with Gasteiger partial charge in [0, 0.05) is 17.8 Å². The molecule has 0 fully saturated rings. The Morgan fingerprint density at radius 3 is 2.41 bits per heavy atom. The van der Waals surface area contributed by atoms with Gasteiger partial charge in [-0.2, -0.15) is 5.10 Å². The van der Waals surface area contributed by atoms with Crippen molar-refractivity contribution in [3.63, 3.8) is 0 Å². The van der Waals surface area contributed by atoms with Gasteiger partial charge in [0.2, 0.25) is 0 Å². The SMILES string of the molecule is COc1ccc(NS(=O)(=O)c2cc([N+](=O)[O-])ccc2N/N=C/c2cc(Br)c(O)c(OC)c2)cc1. The molecule has 0 heterocycles. The summed E-state index contributed by atoms with van der Waals surface area (Å²) in [5.41, 5.74) is 2.96. The van der Waals surface area contributed by atoms with E-state index in [1.807, 2.05) is 0 Å². The Labute approximate surface area is 203 Å². The minimum absolute atomic E-state index is 0.00710. The maximum Gasteiger partial charge on any atom is 0.270 e. The molecule has 0 aliphatic rings. The fourth-order valence-electron chi connectivity index (χ4n) is 2.81. The number of sulfonamides is 1. The standard InChI is InChI=1S/C21H19BrN4O7S/c1-32-16-6-3-14(4-7-16)25-34(30,31)20-11-15(26(28)29)5-8-18(20)24-23-12-13-9-17(22)21(27)19(10-13)33-2/h3-12,24-25,27H,1-2H3/b23-12+. The molecule has 0 aliphatic carbocycles. The number of phenols is 1. The number of rotatable bonds is 9. The van der Waals surface area contributed by atoms with Crippen LogP contribution in [0.2, 0.25) is 0 Å². The van der Waals surface area contributed by atoms with Crippen molar-refractivity contribution >= 4 is 49.2 Å². The van der Waals surface area contributed by atoms with Crippen LogP contribution in [0, 0.1) is 10.1 Å². The molecule has 34 heavy (non-hydrogen) atoms. The van der Waals surface area contributed by atoms with Crippen LogP contribution in [-0.2, 0) is 10.0 Å². The first-order valence-corrected chi connectivity index (χ1v) is 11.7. The lowest BCUT2D eigenvalue weighted by Crippen LogP contribution is -2.15. The van der Waals surface area contributed by atoms with Crippen LogP contribution < -0.4 is 19.6 Å². The molecule has 178 valence electrons. The van der Waals surface area contributed by atoms with Crippen LogP contribution in [0.4, 0.5) is 17.1 Å². The van der Waals surface area contributed by atoms with Crippen LogP contribution in [-0.4, -0.2) is 38.9 Å². The van der Waals surface area contributed by atoms with Crippen molar-refractivity contribution in [2.45, 2.75) is 4.90 Å². The van der Waals surface area contributed by atoms with Crippen LogP contribution in [0.5, 0.6) is 17.2 Å². The summed E-state index contributed by atoms with van der Waals surface area (Å²) >= 11 is 3.20. The van der Waals surface area contributed by atoms with E-state index in [0.717, 1.165) is 12.1 Å². The molecule has 3 rings (SSSR count). The highest BCUT2D eigenvalue weighted by atomic mass is 79.9. The molecular formula is C21H19BrN4O7S. The molecular weight excluding hydrogens is 532 g/mol. The molecule has 0 bridgehead atoms. The first kappa shape index (κ1) is 24.8. The first-order chi connectivity index (χ1) is 16.1. The molecule has 0 amide bonds. The highest BCUT2D eigenvalue weighted by Gasteiger charge is 2.23. The summed E-state index contributed by atoms with van der Waals surface area (Å²) in [6, 6.07) is 12.5. The fourth-order valence-corrected chi connectivity index (χ4v) is 4.50. The van der Waals surface area contributed by atoms with Crippen molar-refractivity contribution in [2.75, 3.05) is 24.4 Å². The van der Waals surface area contributed by atoms with Crippen molar-refractivity contribution in [3.05, 3.63) is 74.7 Å². The summed E-state index contributed by atoms with van der Waals surface area (Å²) in [6.07, 6.45) is 1.36. The van der Waals surface area contributed by atoms with E-state index in [-0.39, 0.29) is 27.8 Å². The van der Waals surface area contributed by atoms with Crippen LogP contribution in [0.1, 0.15) is 5.56 Å². The maximum atomic E-state index is 13.0. The third-order valence-electron chi connectivity index (χ3n) is 4.48. The second-order valence-corrected chi connectivity index (χ2v) is 9.20. The zero-order valence-electron chi connectivity index (χ0n) is 17.9. The molecule has 3 N–H and O–H groups in total. The van der Waals surface area contributed by atoms with Gasteiger partial charge >= 0.3 is 0 Å². The second kappa shape index (κ2) is 10.4. The van der Waals surface area contributed by atoms with Crippen molar-refractivity contribution in [3.8, 4) is 17.2 Å². The molecule has 0 unspecified atom stereocenters. The lowest BCUT2D eigenvalue weighted by molar-refractivity contribution is -0.385. The minimum atomic E-state index is -4.23. The number of hydrogen-bond donors (Lipinski definition) is 3. The van der Waals surface area contributed by atoms with Gasteiger partial charge in [-0.1, -0.05) is 0 Å². The second-order valence-electron chi connectivity index (χ2n) is 6.70. The van der Waals surface area contributed by atoms with Gasteiger partial charge in [-0.05, 0) is 64.0 Å². The van der Waals surface area contributed by atoms with Gasteiger partial charge in [-0.3, -0.25) is 20.3 Å². The number of non-ortho nitro benzene ring substituents is 1. The molecule has 3 aromatic carbocycles. The number of nitro benzene ring substituents is 1. The molecule has 11 nitrogen and oxygen atoms in total. The molecule has 3 aromatic rings. The number of nitro groups is 1. The van der Waals surface area contributed by atoms with Crippen LogP contribution >= 0.6 is 15.9 Å². The number of aromatic hydroxyl groups is 1. The average Bonchev–Trinajstić information content (AvgIpc) is 2.81. The Balaban J connectivity index is 1.93. The van der Waals surface area contributed by atoms with Gasteiger partial charge < -0.3 is 14.6 Å². The normalized spacial score (nSPS) is 11.3. The van der Waals surface area contributed by atoms with E-state index in [1.54, 1.807) is 18.2 Å². The zero-order valence-corrected chi connectivity index (χ0v) is 20.3. The van der Waals surface area contributed by atoms with E-state index >= 15 is 0 Å². The number of halogens is 1. The average molecular weight is 551 g/mol. The number of ether oxygens (including phenoxy) is 2. The molecule has 0 spiro atoms. The van der Waals surface area contributed by atoms with Crippen LogP contribution in [0.25, 0.3) is 0 Å². The number of hydrogen-bond acceptors (Lipinski definition) is 9. The predicted octanol–water partition coefficient (Wildman–Crippen LogP) is 4.33. The third-order valence-corrected chi connectivity index (χ3v) is 6.50. The molecule has 0 aliphatic heterocycles. The Hall–Kier alpha value is -3.84. The molecule has 0 aromatic heterocycles. The quantitative estimate of drug-likeness (QED) is 0.202. The summed E-state index contributed by atoms with van der Waals surface area (Å²) < 4.78 is 39.0. The highest BCUT2D eigenvalue weighted by Crippen LogP contribution is 2.35. The number of phenolic OH excluding ortho intramolecular Hbond substituents is 1. The van der Waals surface area contributed by atoms with Gasteiger partial charge in [0.25, 0.3) is 15.7 Å². The van der Waals surface area contributed by atoms with E-state index in [2.05, 4.69) is 31.2 Å². The van der Waals surface area contributed by atoms with E-state index in [0.29, 0.717) is 15.8 Å². The molecule has 0 atom stereocenters. The summed E-state index contributed by atoms with van der Waals surface area (Å²) in [5, 5.41) is 25.2. The van der Waals surface area contributed by atoms with E-state index in [4.69, 9.17) is 9.47 Å². The van der Waals surface area contributed by atoms with E-state index in [1.165, 1.54) is 44.7 Å². The van der Waals surface area contributed by atoms with Gasteiger partial charge in [-0.25, -0.2) is 8.42 Å². The zero-order chi connectivity index (χ0) is 24.9. The molecule has 0 saturated carbocycles. The minimum Gasteiger partial charge on any atom is -0.503 e. The number of benzene rings is 3. The lowest BCUT2D eigenvalue weighted by atomic mass is 10.2. The molecule has 0 radical (unpaired) electrons. The summed E-state index contributed by atoms with van der Waals surface area (Å²) in [4.78, 5) is 10.2. The predicted molar refractivity (Wildman–Crippen MR) is 130 cm³/mol. The smallest absolute Gasteiger partial charge is 0.270 e. The van der Waals surface area contributed by atoms with Gasteiger partial charge in [0.05, 0.1) is 35.5 Å². The summed E-state index contributed by atoms with van der Waals surface area (Å²) in [7, 11) is -1.36. The topological polar surface area (TPSA) is 152 Å². The Morgan fingerprint density at radius 1 is 1.09 bits per heavy atom. The van der Waals surface area contributed by atoms with Gasteiger partial charge in [0.1, 0.15) is 10.6 Å². The van der Waals surface area contributed by atoms with Crippen molar-refractivity contribution in [1.82, 2.24) is 0 Å². The Kier molecular flexibility index (Phi) is 7.58. The number of hydrazone groups is 1. The van der Waals surface area contributed by atoms with Gasteiger partial charge in [0.15, 0.2) is 11.5 Å². The lowest BCUT2D eigenvalue weighted by Gasteiger charge is -2.12. The van der Waals surface area contributed by atoms with Crippen molar-refractivity contribution in [1.29, 1.82) is 0 Å². The summed E-state index contributed by atoms with van der Waals surface area (Å²) in [6.45, 7) is 0. The summed E-state index contributed by atoms with van der Waals surface area (Å²) in [5.74, 6) is 0.659.